The maximum atomic E-state index is 10.4. The number of amides is 1. The lowest BCUT2D eigenvalue weighted by molar-refractivity contribution is -0.146. The van der Waals surface area contributed by atoms with Crippen LogP contribution < -0.4 is 11.5 Å². The van der Waals surface area contributed by atoms with E-state index in [1.54, 1.807) is 0 Å². The summed E-state index contributed by atoms with van der Waals surface area (Å²) in [5.41, 5.74) is 9.83. The zero-order valence-corrected chi connectivity index (χ0v) is 5.98. The van der Waals surface area contributed by atoms with Crippen LogP contribution in [0.2, 0.25) is 0 Å². The molecule has 0 aromatic carbocycles. The van der Waals surface area contributed by atoms with Crippen LogP contribution in [0.4, 0.5) is 0 Å². The minimum atomic E-state index is -1.41. The van der Waals surface area contributed by atoms with Gasteiger partial charge in [0.25, 0.3) is 0 Å². The normalized spacial score (nSPS) is 15.5. The first-order chi connectivity index (χ1) is 5.00. The molecule has 5 N–H and O–H groups in total. The summed E-state index contributed by atoms with van der Waals surface area (Å²) < 4.78 is 4.45. The highest BCUT2D eigenvalue weighted by Crippen LogP contribution is 1.94. The van der Waals surface area contributed by atoms with Crippen LogP contribution in [-0.2, 0) is 14.3 Å². The molecule has 0 spiro atoms. The number of hydrogen-bond donors (Lipinski definition) is 3. The Hall–Kier alpha value is -1.14. The molecule has 2 atom stereocenters. The van der Waals surface area contributed by atoms with Crippen LogP contribution in [0.15, 0.2) is 0 Å². The Morgan fingerprint density at radius 1 is 1.55 bits per heavy atom. The average molecular weight is 162 g/mol. The summed E-state index contributed by atoms with van der Waals surface area (Å²) in [6, 6.07) is -1.41. The van der Waals surface area contributed by atoms with Gasteiger partial charge in [0.05, 0.1) is 0 Å². The number of methoxy groups -OCH3 is 1. The van der Waals surface area contributed by atoms with Gasteiger partial charge in [-0.05, 0) is 0 Å². The molecule has 0 aromatic rings. The van der Waals surface area contributed by atoms with Gasteiger partial charge in [-0.2, -0.15) is 0 Å². The first-order valence-corrected chi connectivity index (χ1v) is 2.81. The molecular weight excluding hydrogens is 152 g/mol. The summed E-state index contributed by atoms with van der Waals surface area (Å²) in [5, 5.41) is 8.32. The summed E-state index contributed by atoms with van der Waals surface area (Å²) >= 11 is 0. The molecule has 11 heavy (non-hydrogen) atoms. The Kier molecular flexibility index (Phi) is 3.49. The first kappa shape index (κ1) is 9.86. The standard InChI is InChI=1S/C5H10N2O4/c1-11-3(4(7)8)2(6)5(9)10/h2-3H,6H2,1H3,(H2,7,8)(H,9,10). The van der Waals surface area contributed by atoms with Crippen molar-refractivity contribution in [3.05, 3.63) is 0 Å². The van der Waals surface area contributed by atoms with Crippen molar-refractivity contribution in [2.24, 2.45) is 11.5 Å². The predicted octanol–water partition coefficient (Wildman–Crippen LogP) is -2.10. The molecule has 0 fully saturated rings. The van der Waals surface area contributed by atoms with Crippen molar-refractivity contribution in [2.45, 2.75) is 12.1 Å². The number of aliphatic carboxylic acids is 1. The number of rotatable bonds is 4. The third-order valence-corrected chi connectivity index (χ3v) is 1.15. The molecule has 0 saturated heterocycles. The number of carbonyl (C=O) groups excluding carboxylic acids is 1. The van der Waals surface area contributed by atoms with E-state index in [1.807, 2.05) is 0 Å². The van der Waals surface area contributed by atoms with Crippen LogP contribution >= 0.6 is 0 Å². The highest BCUT2D eigenvalue weighted by atomic mass is 16.5. The van der Waals surface area contributed by atoms with Gasteiger partial charge < -0.3 is 21.3 Å². The van der Waals surface area contributed by atoms with Crippen molar-refractivity contribution in [3.63, 3.8) is 0 Å². The van der Waals surface area contributed by atoms with Gasteiger partial charge in [-0.25, -0.2) is 0 Å². The molecular formula is C5H10N2O4. The second-order valence-electron chi connectivity index (χ2n) is 1.92. The van der Waals surface area contributed by atoms with E-state index in [0.29, 0.717) is 0 Å². The van der Waals surface area contributed by atoms with Crippen molar-refractivity contribution in [3.8, 4) is 0 Å². The summed E-state index contributed by atoms with van der Waals surface area (Å²) in [4.78, 5) is 20.6. The van der Waals surface area contributed by atoms with Crippen LogP contribution in [0.5, 0.6) is 0 Å². The molecule has 0 aliphatic carbocycles. The third kappa shape index (κ3) is 2.52. The molecule has 0 radical (unpaired) electrons. The van der Waals surface area contributed by atoms with Gasteiger partial charge in [-0.15, -0.1) is 0 Å². The number of primary amides is 1. The zero-order valence-electron chi connectivity index (χ0n) is 5.98. The Morgan fingerprint density at radius 3 is 2.09 bits per heavy atom. The second kappa shape index (κ2) is 3.89. The molecule has 0 aromatic heterocycles. The first-order valence-electron chi connectivity index (χ1n) is 2.81. The number of hydrogen-bond acceptors (Lipinski definition) is 4. The highest BCUT2D eigenvalue weighted by Gasteiger charge is 2.28. The monoisotopic (exact) mass is 162 g/mol. The number of carboxylic acid groups (broad SMARTS) is 1. The van der Waals surface area contributed by atoms with Crippen molar-refractivity contribution in [1.29, 1.82) is 0 Å². The molecule has 0 heterocycles. The fourth-order valence-electron chi connectivity index (χ4n) is 0.569. The van der Waals surface area contributed by atoms with Crippen LogP contribution in [0.1, 0.15) is 0 Å². The van der Waals surface area contributed by atoms with E-state index in [0.717, 1.165) is 7.11 Å². The predicted molar refractivity (Wildman–Crippen MR) is 35.6 cm³/mol. The van der Waals surface area contributed by atoms with Crippen LogP contribution in [0, 0.1) is 0 Å². The fourth-order valence-corrected chi connectivity index (χ4v) is 0.569. The maximum absolute atomic E-state index is 10.4. The van der Waals surface area contributed by atoms with Gasteiger partial charge in [0.15, 0.2) is 6.10 Å². The van der Waals surface area contributed by atoms with Crippen LogP contribution in [0.25, 0.3) is 0 Å². The minimum Gasteiger partial charge on any atom is -0.480 e. The third-order valence-electron chi connectivity index (χ3n) is 1.15. The molecule has 0 aliphatic heterocycles. The Morgan fingerprint density at radius 2 is 2.00 bits per heavy atom. The maximum Gasteiger partial charge on any atom is 0.323 e. The van der Waals surface area contributed by atoms with Gasteiger partial charge >= 0.3 is 5.97 Å². The van der Waals surface area contributed by atoms with Crippen molar-refractivity contribution in [2.75, 3.05) is 7.11 Å². The number of carboxylic acids is 1. The van der Waals surface area contributed by atoms with Gasteiger partial charge in [0, 0.05) is 7.11 Å². The van der Waals surface area contributed by atoms with Gasteiger partial charge in [0.2, 0.25) is 5.91 Å². The summed E-state index contributed by atoms with van der Waals surface area (Å²) in [6.07, 6.45) is -1.27. The molecule has 0 bridgehead atoms. The molecule has 0 rings (SSSR count). The van der Waals surface area contributed by atoms with E-state index in [9.17, 15) is 9.59 Å². The molecule has 2 unspecified atom stereocenters. The molecule has 64 valence electrons. The fraction of sp³-hybridized carbons (Fsp3) is 0.600. The van der Waals surface area contributed by atoms with Crippen LogP contribution in [-0.4, -0.2) is 36.2 Å². The second-order valence-corrected chi connectivity index (χ2v) is 1.92. The zero-order chi connectivity index (χ0) is 9.02. The Balaban J connectivity index is 4.25. The van der Waals surface area contributed by atoms with E-state index in [1.165, 1.54) is 0 Å². The molecule has 6 heteroatoms. The van der Waals surface area contributed by atoms with E-state index < -0.39 is 24.0 Å². The van der Waals surface area contributed by atoms with Gasteiger partial charge in [-0.3, -0.25) is 9.59 Å². The number of ether oxygens (including phenoxy) is 1. The molecule has 1 amide bonds. The van der Waals surface area contributed by atoms with E-state index in [4.69, 9.17) is 16.6 Å². The van der Waals surface area contributed by atoms with Crippen LogP contribution in [0.3, 0.4) is 0 Å². The SMILES string of the molecule is COC(C(N)=O)C(N)C(=O)O. The molecule has 0 aliphatic rings. The smallest absolute Gasteiger partial charge is 0.323 e. The molecule has 6 nitrogen and oxygen atoms in total. The van der Waals surface area contributed by atoms with Crippen molar-refractivity contribution < 1.29 is 19.4 Å². The van der Waals surface area contributed by atoms with E-state index >= 15 is 0 Å². The quantitative estimate of drug-likeness (QED) is 0.438. The van der Waals surface area contributed by atoms with Crippen molar-refractivity contribution in [1.82, 2.24) is 0 Å². The van der Waals surface area contributed by atoms with E-state index in [-0.39, 0.29) is 0 Å². The summed E-state index contributed by atoms with van der Waals surface area (Å²) in [5.74, 6) is -2.21. The number of nitrogens with two attached hydrogens (primary N) is 2. The molecule has 0 saturated carbocycles. The lowest BCUT2D eigenvalue weighted by atomic mass is 10.1. The largest absolute Gasteiger partial charge is 0.480 e. The minimum absolute atomic E-state index is 0.887. The summed E-state index contributed by atoms with van der Waals surface area (Å²) in [7, 11) is 1.16. The lowest BCUT2D eigenvalue weighted by Gasteiger charge is -2.14. The van der Waals surface area contributed by atoms with Crippen molar-refractivity contribution >= 4 is 11.9 Å². The number of carbonyl (C=O) groups is 2. The Labute approximate surface area is 63.1 Å². The topological polar surface area (TPSA) is 116 Å². The van der Waals surface area contributed by atoms with Gasteiger partial charge in [-0.1, -0.05) is 0 Å². The highest BCUT2D eigenvalue weighted by molar-refractivity contribution is 5.87. The van der Waals surface area contributed by atoms with Gasteiger partial charge in [0.1, 0.15) is 6.04 Å². The Bertz CT molecular complexity index is 170. The lowest BCUT2D eigenvalue weighted by Crippen LogP contribution is -2.49. The average Bonchev–Trinajstić information content (AvgIpc) is 1.88. The summed E-state index contributed by atoms with van der Waals surface area (Å²) in [6.45, 7) is 0. The van der Waals surface area contributed by atoms with E-state index in [2.05, 4.69) is 4.74 Å².